The Bertz CT molecular complexity index is 39.8. The molecule has 0 rings (SSSR count). The first kappa shape index (κ1) is 13.1. The van der Waals surface area contributed by atoms with E-state index in [1.54, 1.807) is 0 Å². The van der Waals surface area contributed by atoms with Crippen LogP contribution in [0.15, 0.2) is 0 Å². The predicted octanol–water partition coefficient (Wildman–Crippen LogP) is 3.80. The summed E-state index contributed by atoms with van der Waals surface area (Å²) < 4.78 is 0. The van der Waals surface area contributed by atoms with Crippen LogP contribution >= 0.6 is 11.1 Å². The topological polar surface area (TPSA) is 0 Å². The zero-order valence-corrected chi connectivity index (χ0v) is 9.69. The maximum atomic E-state index is 5.41. The third-order valence-electron chi connectivity index (χ3n) is 0.957. The van der Waals surface area contributed by atoms with Gasteiger partial charge < -0.3 is 0 Å². The third-order valence-corrected chi connectivity index (χ3v) is 0.957. The molecule has 0 N–H and O–H groups in total. The zero-order valence-electron chi connectivity index (χ0n) is 7.78. The second-order valence-corrected chi connectivity index (χ2v) is 7.37. The highest BCUT2D eigenvalue weighted by Gasteiger charge is 1.76. The Kier molecular flexibility index (Phi) is 16.0. The molecule has 0 aliphatic rings. The van der Waals surface area contributed by atoms with Gasteiger partial charge in [0.1, 0.15) is 8.11 Å². The Morgan fingerprint density at radius 1 is 1.00 bits per heavy atom. The van der Waals surface area contributed by atoms with Crippen LogP contribution in [0.4, 0.5) is 0 Å². The molecule has 0 spiro atoms. The van der Waals surface area contributed by atoms with Crippen molar-refractivity contribution in [3.05, 3.63) is 0 Å². The highest BCUT2D eigenvalue weighted by molar-refractivity contribution is 7.05. The van der Waals surface area contributed by atoms with E-state index in [4.69, 9.17) is 11.1 Å². The van der Waals surface area contributed by atoms with Crippen LogP contribution < -0.4 is 0 Å². The van der Waals surface area contributed by atoms with Crippen LogP contribution in [0.5, 0.6) is 0 Å². The molecule has 10 heavy (non-hydrogen) atoms. The van der Waals surface area contributed by atoms with Gasteiger partial charge in [0.2, 0.25) is 0 Å². The Labute approximate surface area is 72.3 Å². The molecule has 2 heteroatoms. The summed E-state index contributed by atoms with van der Waals surface area (Å²) in [5.41, 5.74) is 0. The normalized spacial score (nSPS) is 9.00. The van der Waals surface area contributed by atoms with Crippen LogP contribution in [-0.4, -0.2) is 8.11 Å². The van der Waals surface area contributed by atoms with E-state index in [-0.39, 0.29) is 0 Å². The van der Waals surface area contributed by atoms with Crippen molar-refractivity contribution in [3.63, 3.8) is 0 Å². The lowest BCUT2D eigenvalue weighted by Crippen LogP contribution is -1.78. The lowest BCUT2D eigenvalue weighted by Gasteiger charge is -1.86. The maximum absolute atomic E-state index is 5.41. The molecule has 0 saturated heterocycles. The van der Waals surface area contributed by atoms with Crippen LogP contribution in [0.1, 0.15) is 39.5 Å². The standard InChI is InChI=1S/C6H14.C2H7ClSi/c1-3-5-6-4-2;1-4(2)3/h3-6H2,1-2H3;4H,1-2H3. The van der Waals surface area contributed by atoms with Crippen LogP contribution in [0.3, 0.4) is 0 Å². The molecule has 0 aliphatic heterocycles. The van der Waals surface area contributed by atoms with Gasteiger partial charge in [0.15, 0.2) is 0 Å². The summed E-state index contributed by atoms with van der Waals surface area (Å²) in [7, 11) is -0.667. The van der Waals surface area contributed by atoms with E-state index in [1.165, 1.54) is 25.7 Å². The maximum Gasteiger partial charge on any atom is 0.134 e. The van der Waals surface area contributed by atoms with E-state index in [0.29, 0.717) is 0 Å². The molecule has 0 aromatic carbocycles. The molecule has 0 fully saturated rings. The largest absolute Gasteiger partial charge is 0.172 e. The summed E-state index contributed by atoms with van der Waals surface area (Å²) in [6, 6.07) is 0. The van der Waals surface area contributed by atoms with Crippen molar-refractivity contribution in [3.8, 4) is 0 Å². The molecule has 0 radical (unpaired) electrons. The lowest BCUT2D eigenvalue weighted by atomic mass is 10.2. The average Bonchev–Trinajstić information content (AvgIpc) is 1.82. The van der Waals surface area contributed by atoms with Gasteiger partial charge in [-0.25, -0.2) is 0 Å². The van der Waals surface area contributed by atoms with Gasteiger partial charge in [-0.15, -0.1) is 0 Å². The monoisotopic (exact) mass is 180 g/mol. The highest BCUT2D eigenvalue weighted by atomic mass is 35.6. The minimum Gasteiger partial charge on any atom is -0.172 e. The van der Waals surface area contributed by atoms with Gasteiger partial charge in [0.25, 0.3) is 0 Å². The first-order valence-corrected chi connectivity index (χ1v) is 8.34. The molecule has 0 unspecified atom stereocenters. The highest BCUT2D eigenvalue weighted by Crippen LogP contribution is 1.95. The van der Waals surface area contributed by atoms with Gasteiger partial charge in [0.05, 0.1) is 0 Å². The van der Waals surface area contributed by atoms with Gasteiger partial charge >= 0.3 is 0 Å². The average molecular weight is 181 g/mol. The first-order valence-electron chi connectivity index (χ1n) is 4.29. The fraction of sp³-hybridized carbons (Fsp3) is 1.00. The molecule has 0 aromatic rings. The summed E-state index contributed by atoms with van der Waals surface area (Å²) in [5, 5.41) is 0. The summed E-state index contributed by atoms with van der Waals surface area (Å²) >= 11 is 5.41. The summed E-state index contributed by atoms with van der Waals surface area (Å²) in [5.74, 6) is 0. The zero-order chi connectivity index (χ0) is 8.41. The molecule has 0 bridgehead atoms. The molecule has 0 aromatic heterocycles. The van der Waals surface area contributed by atoms with Crippen molar-refractivity contribution in [2.24, 2.45) is 0 Å². The smallest absolute Gasteiger partial charge is 0.134 e. The van der Waals surface area contributed by atoms with Crippen molar-refractivity contribution in [1.82, 2.24) is 0 Å². The van der Waals surface area contributed by atoms with Crippen molar-refractivity contribution < 1.29 is 0 Å². The predicted molar refractivity (Wildman–Crippen MR) is 54.5 cm³/mol. The molecule has 0 heterocycles. The summed E-state index contributed by atoms with van der Waals surface area (Å²) in [6.45, 7) is 8.61. The summed E-state index contributed by atoms with van der Waals surface area (Å²) in [4.78, 5) is 0. The van der Waals surface area contributed by atoms with Gasteiger partial charge in [-0.05, 0) is 0 Å². The fourth-order valence-corrected chi connectivity index (χ4v) is 0.500. The number of rotatable bonds is 3. The number of halogens is 1. The molecular weight excluding hydrogens is 160 g/mol. The molecule has 0 amide bonds. The second-order valence-electron chi connectivity index (χ2n) is 2.72. The van der Waals surface area contributed by atoms with Gasteiger partial charge in [0, 0.05) is 0 Å². The van der Waals surface area contributed by atoms with Crippen molar-refractivity contribution in [1.29, 1.82) is 0 Å². The van der Waals surface area contributed by atoms with Crippen molar-refractivity contribution >= 4 is 19.2 Å². The van der Waals surface area contributed by atoms with E-state index < -0.39 is 8.11 Å². The SMILES string of the molecule is CCCCCC.C[SiH](C)Cl. The minimum absolute atomic E-state index is 0.667. The molecule has 64 valence electrons. The van der Waals surface area contributed by atoms with Crippen LogP contribution in [0.25, 0.3) is 0 Å². The van der Waals surface area contributed by atoms with Gasteiger partial charge in [-0.3, -0.25) is 0 Å². The Morgan fingerprint density at radius 3 is 1.30 bits per heavy atom. The second kappa shape index (κ2) is 12.2. The number of unbranched alkanes of at least 4 members (excludes halogenated alkanes) is 3. The molecule has 0 saturated carbocycles. The van der Waals surface area contributed by atoms with Gasteiger partial charge in [-0.2, -0.15) is 11.1 Å². The van der Waals surface area contributed by atoms with E-state index in [9.17, 15) is 0 Å². The van der Waals surface area contributed by atoms with E-state index in [2.05, 4.69) is 26.9 Å². The van der Waals surface area contributed by atoms with Crippen LogP contribution in [-0.2, 0) is 0 Å². The van der Waals surface area contributed by atoms with E-state index in [0.717, 1.165) is 0 Å². The Balaban J connectivity index is 0. The van der Waals surface area contributed by atoms with E-state index in [1.807, 2.05) is 0 Å². The molecule has 0 aliphatic carbocycles. The van der Waals surface area contributed by atoms with Crippen molar-refractivity contribution in [2.45, 2.75) is 52.6 Å². The van der Waals surface area contributed by atoms with E-state index >= 15 is 0 Å². The summed E-state index contributed by atoms with van der Waals surface area (Å²) in [6.07, 6.45) is 5.54. The number of hydrogen-bond acceptors (Lipinski definition) is 0. The Hall–Kier alpha value is 0.507. The van der Waals surface area contributed by atoms with Crippen LogP contribution in [0, 0.1) is 0 Å². The molecule has 0 nitrogen and oxygen atoms in total. The van der Waals surface area contributed by atoms with Crippen molar-refractivity contribution in [2.75, 3.05) is 0 Å². The third kappa shape index (κ3) is 39.0. The number of hydrogen-bond donors (Lipinski definition) is 0. The van der Waals surface area contributed by atoms with Crippen LogP contribution in [0.2, 0.25) is 13.1 Å². The van der Waals surface area contributed by atoms with Gasteiger partial charge in [-0.1, -0.05) is 52.6 Å². The molecule has 0 atom stereocenters. The Morgan fingerprint density at radius 2 is 1.20 bits per heavy atom. The quantitative estimate of drug-likeness (QED) is 0.352. The molecular formula is C8H21ClSi. The minimum atomic E-state index is -0.667. The fourth-order valence-electron chi connectivity index (χ4n) is 0.500. The lowest BCUT2D eigenvalue weighted by molar-refractivity contribution is 0.702. The first-order chi connectivity index (χ1) is 4.65.